The number of allylic oxidation sites excluding steroid dienone is 8. The van der Waals surface area contributed by atoms with Crippen molar-refractivity contribution >= 4 is 0 Å². The minimum absolute atomic E-state index is 0.289. The Balaban J connectivity index is 1.22. The molecule has 3 rings (SSSR count). The number of hydrogen-bond donors (Lipinski definition) is 0. The van der Waals surface area contributed by atoms with Crippen LogP contribution in [0.25, 0.3) is 0 Å². The van der Waals surface area contributed by atoms with E-state index in [4.69, 9.17) is 9.47 Å². The molecule has 3 aliphatic rings. The molecule has 2 saturated heterocycles. The van der Waals surface area contributed by atoms with Gasteiger partial charge in [-0.1, -0.05) is 140 Å². The Morgan fingerprint density at radius 3 is 1.19 bits per heavy atom. The van der Waals surface area contributed by atoms with Crippen LogP contribution in [0, 0.1) is 11.8 Å². The molecule has 0 aromatic carbocycles. The SMILES string of the molecule is CCCCC/C=C\C/C=C\CCCCCCCCC1(CCCCCCCC/C=C\C/C=C\CCCCC)O[C@@H]2[C@@H]3CN(C)C[C@@H]3[C@@H]2O1. The maximum atomic E-state index is 6.89. The summed E-state index contributed by atoms with van der Waals surface area (Å²) in [5, 5.41) is 0. The molecule has 0 spiro atoms. The first-order valence-corrected chi connectivity index (χ1v) is 20.8. The van der Waals surface area contributed by atoms with Crippen molar-refractivity contribution in [2.45, 2.75) is 199 Å². The van der Waals surface area contributed by atoms with Crippen LogP contribution in [0.5, 0.6) is 0 Å². The van der Waals surface area contributed by atoms with Crippen LogP contribution in [-0.2, 0) is 9.47 Å². The number of nitrogens with zero attached hydrogens (tertiary/aromatic N) is 1. The lowest BCUT2D eigenvalue weighted by Crippen LogP contribution is -2.52. The number of unbranched alkanes of at least 4 members (excludes halogenated alkanes) is 18. The van der Waals surface area contributed by atoms with Crippen LogP contribution in [0.3, 0.4) is 0 Å². The van der Waals surface area contributed by atoms with Crippen LogP contribution in [0.2, 0.25) is 0 Å². The van der Waals surface area contributed by atoms with E-state index in [-0.39, 0.29) is 5.79 Å². The molecule has 270 valence electrons. The maximum Gasteiger partial charge on any atom is 0.169 e. The fraction of sp³-hybridized carbons (Fsp3) is 0.818. The van der Waals surface area contributed by atoms with Crippen LogP contribution in [-0.4, -0.2) is 43.0 Å². The lowest BCUT2D eigenvalue weighted by molar-refractivity contribution is -0.182. The lowest BCUT2D eigenvalue weighted by atomic mass is 9.71. The van der Waals surface area contributed by atoms with Gasteiger partial charge in [-0.25, -0.2) is 0 Å². The van der Waals surface area contributed by atoms with E-state index in [1.807, 2.05) is 0 Å². The number of rotatable bonds is 30. The standard InChI is InChI=1S/C44H77NO2/c1-4-6-8-10-12-14-16-18-20-22-24-26-28-30-32-34-36-44(46-42-40-38-45(3)39-41(40)43(42)47-44)37-35-33-31-29-27-25-23-21-19-17-15-13-11-9-7-5-2/h12-15,18-21,40-43H,4-11,16-17,22-39H2,1-3H3/b14-12-,15-13-,20-18-,21-19-/t40-,41+,42-,43+. The summed E-state index contributed by atoms with van der Waals surface area (Å²) in [6.07, 6.45) is 53.0. The minimum Gasteiger partial charge on any atom is -0.344 e. The zero-order valence-corrected chi connectivity index (χ0v) is 31.5. The van der Waals surface area contributed by atoms with E-state index in [1.165, 1.54) is 154 Å². The Morgan fingerprint density at radius 2 is 0.809 bits per heavy atom. The summed E-state index contributed by atoms with van der Waals surface area (Å²) >= 11 is 0. The molecular weight excluding hydrogens is 574 g/mol. The molecule has 0 N–H and O–H groups in total. The van der Waals surface area contributed by atoms with E-state index in [2.05, 4.69) is 74.4 Å². The predicted molar refractivity (Wildman–Crippen MR) is 205 cm³/mol. The zero-order valence-electron chi connectivity index (χ0n) is 31.5. The normalized spacial score (nSPS) is 24.0. The lowest BCUT2D eigenvalue weighted by Gasteiger charge is -2.40. The highest BCUT2D eigenvalue weighted by Crippen LogP contribution is 2.53. The maximum absolute atomic E-state index is 6.89. The van der Waals surface area contributed by atoms with E-state index < -0.39 is 0 Å². The smallest absolute Gasteiger partial charge is 0.169 e. The highest BCUT2D eigenvalue weighted by atomic mass is 16.8. The second kappa shape index (κ2) is 25.8. The van der Waals surface area contributed by atoms with Crippen molar-refractivity contribution in [3.05, 3.63) is 48.6 Å². The summed E-state index contributed by atoms with van der Waals surface area (Å²) in [5.74, 6) is 1.13. The minimum atomic E-state index is -0.289. The summed E-state index contributed by atoms with van der Waals surface area (Å²) in [6, 6.07) is 0. The van der Waals surface area contributed by atoms with E-state index in [9.17, 15) is 0 Å². The molecule has 0 unspecified atom stereocenters. The Morgan fingerprint density at radius 1 is 0.468 bits per heavy atom. The molecule has 2 aliphatic heterocycles. The van der Waals surface area contributed by atoms with Gasteiger partial charge >= 0.3 is 0 Å². The van der Waals surface area contributed by atoms with Crippen molar-refractivity contribution in [1.82, 2.24) is 4.90 Å². The number of ether oxygens (including phenoxy) is 2. The molecule has 4 atom stereocenters. The second-order valence-corrected chi connectivity index (χ2v) is 15.3. The molecule has 3 heteroatoms. The molecule has 3 fully saturated rings. The molecule has 0 bridgehead atoms. The van der Waals surface area contributed by atoms with Crippen molar-refractivity contribution in [2.24, 2.45) is 11.8 Å². The van der Waals surface area contributed by atoms with Gasteiger partial charge in [0.05, 0.1) is 12.2 Å². The van der Waals surface area contributed by atoms with Crippen LogP contribution < -0.4 is 0 Å². The molecule has 0 aromatic rings. The average Bonchev–Trinajstić information content (AvgIpc) is 3.59. The van der Waals surface area contributed by atoms with Gasteiger partial charge in [0.1, 0.15) is 0 Å². The van der Waals surface area contributed by atoms with Gasteiger partial charge in [-0.15, -0.1) is 0 Å². The molecular formula is C44H77NO2. The van der Waals surface area contributed by atoms with Gasteiger partial charge in [0.2, 0.25) is 0 Å². The monoisotopic (exact) mass is 652 g/mol. The quantitative estimate of drug-likeness (QED) is 0.0570. The Bertz CT molecular complexity index is 804. The van der Waals surface area contributed by atoms with E-state index >= 15 is 0 Å². The number of fused-ring (bicyclic) bond motifs is 4. The van der Waals surface area contributed by atoms with Gasteiger partial charge in [-0.05, 0) is 84.1 Å². The predicted octanol–water partition coefficient (Wildman–Crippen LogP) is 13.1. The summed E-state index contributed by atoms with van der Waals surface area (Å²) < 4.78 is 13.8. The second-order valence-electron chi connectivity index (χ2n) is 15.3. The fourth-order valence-corrected chi connectivity index (χ4v) is 8.06. The molecule has 0 radical (unpaired) electrons. The largest absolute Gasteiger partial charge is 0.344 e. The van der Waals surface area contributed by atoms with Crippen molar-refractivity contribution in [2.75, 3.05) is 20.1 Å². The molecule has 47 heavy (non-hydrogen) atoms. The van der Waals surface area contributed by atoms with Gasteiger partial charge in [0.15, 0.2) is 5.79 Å². The highest BCUT2D eigenvalue weighted by molar-refractivity contribution is 5.09. The van der Waals surface area contributed by atoms with Gasteiger partial charge in [-0.3, -0.25) is 0 Å². The number of hydrogen-bond acceptors (Lipinski definition) is 3. The van der Waals surface area contributed by atoms with Crippen LogP contribution in [0.1, 0.15) is 181 Å². The van der Waals surface area contributed by atoms with Gasteiger partial charge in [0, 0.05) is 37.8 Å². The third-order valence-corrected chi connectivity index (χ3v) is 11.0. The first-order chi connectivity index (χ1) is 23.2. The van der Waals surface area contributed by atoms with Crippen molar-refractivity contribution in [3.8, 4) is 0 Å². The molecule has 0 amide bonds. The third kappa shape index (κ3) is 16.4. The van der Waals surface area contributed by atoms with Crippen molar-refractivity contribution in [3.63, 3.8) is 0 Å². The van der Waals surface area contributed by atoms with E-state index in [0.29, 0.717) is 24.0 Å². The zero-order chi connectivity index (χ0) is 33.3. The molecule has 2 heterocycles. The molecule has 0 aromatic heterocycles. The Labute approximate surface area is 293 Å². The summed E-state index contributed by atoms with van der Waals surface area (Å²) in [4.78, 5) is 2.48. The van der Waals surface area contributed by atoms with Gasteiger partial charge in [0.25, 0.3) is 0 Å². The van der Waals surface area contributed by atoms with Gasteiger partial charge in [-0.2, -0.15) is 0 Å². The Hall–Kier alpha value is -1.16. The van der Waals surface area contributed by atoms with E-state index in [1.54, 1.807) is 0 Å². The van der Waals surface area contributed by atoms with E-state index in [0.717, 1.165) is 25.7 Å². The first-order valence-electron chi connectivity index (χ1n) is 20.8. The Kier molecular flexibility index (Phi) is 22.1. The van der Waals surface area contributed by atoms with Crippen LogP contribution in [0.15, 0.2) is 48.6 Å². The summed E-state index contributed by atoms with van der Waals surface area (Å²) in [7, 11) is 2.26. The summed E-state index contributed by atoms with van der Waals surface area (Å²) in [6.45, 7) is 6.94. The molecule has 1 saturated carbocycles. The third-order valence-electron chi connectivity index (χ3n) is 11.0. The topological polar surface area (TPSA) is 21.7 Å². The fourth-order valence-electron chi connectivity index (χ4n) is 8.06. The first kappa shape index (κ1) is 40.3. The van der Waals surface area contributed by atoms with Gasteiger partial charge < -0.3 is 14.4 Å². The van der Waals surface area contributed by atoms with Crippen LogP contribution in [0.4, 0.5) is 0 Å². The van der Waals surface area contributed by atoms with Crippen molar-refractivity contribution in [1.29, 1.82) is 0 Å². The molecule has 1 aliphatic carbocycles. The highest BCUT2D eigenvalue weighted by Gasteiger charge is 2.63. The summed E-state index contributed by atoms with van der Waals surface area (Å²) in [5.41, 5.74) is 0. The van der Waals surface area contributed by atoms with Crippen LogP contribution >= 0.6 is 0 Å². The average molecular weight is 652 g/mol. The van der Waals surface area contributed by atoms with Crippen molar-refractivity contribution < 1.29 is 9.47 Å². The molecule has 3 nitrogen and oxygen atoms in total. The number of likely N-dealkylation sites (tertiary alicyclic amines) is 1.